The lowest BCUT2D eigenvalue weighted by molar-refractivity contribution is 0.0747. The summed E-state index contributed by atoms with van der Waals surface area (Å²) in [7, 11) is -1.34. The van der Waals surface area contributed by atoms with E-state index < -0.39 is 9.84 Å². The summed E-state index contributed by atoms with van der Waals surface area (Å²) in [5.74, 6) is 0.0497. The third-order valence-electron chi connectivity index (χ3n) is 4.18. The Morgan fingerprint density at radius 1 is 1.12 bits per heavy atom. The van der Waals surface area contributed by atoms with Gasteiger partial charge in [-0.1, -0.05) is 0 Å². The highest BCUT2D eigenvalue weighted by molar-refractivity contribution is 7.91. The molecule has 7 heteroatoms. The maximum atomic E-state index is 12.5. The number of nitrogens with one attached hydrogen (secondary N) is 1. The molecule has 6 nitrogen and oxygen atoms in total. The Morgan fingerprint density at radius 3 is 2.33 bits per heavy atom. The fourth-order valence-corrected chi connectivity index (χ4v) is 4.52. The maximum Gasteiger partial charge on any atom is 0.253 e. The molecule has 1 amide bonds. The van der Waals surface area contributed by atoms with Crippen molar-refractivity contribution in [1.82, 2.24) is 9.88 Å². The number of carbonyl (C=O) groups excluding carboxylic acids is 1. The average Bonchev–Trinajstić information content (AvgIpc) is 2.95. The van der Waals surface area contributed by atoms with E-state index >= 15 is 0 Å². The molecule has 1 fully saturated rings. The zero-order chi connectivity index (χ0) is 17.2. The predicted molar refractivity (Wildman–Crippen MR) is 93.1 cm³/mol. The molecular weight excluding hydrogens is 326 g/mol. The Labute approximate surface area is 141 Å². The van der Waals surface area contributed by atoms with Gasteiger partial charge in [0.05, 0.1) is 11.5 Å². The highest BCUT2D eigenvalue weighted by atomic mass is 32.2. The molecule has 0 spiro atoms. The van der Waals surface area contributed by atoms with Crippen LogP contribution in [0, 0.1) is 0 Å². The molecule has 24 heavy (non-hydrogen) atoms. The van der Waals surface area contributed by atoms with E-state index in [1.54, 1.807) is 31.6 Å². The summed E-state index contributed by atoms with van der Waals surface area (Å²) in [5, 5.41) is 3.22. The Balaban J connectivity index is 1.67. The van der Waals surface area contributed by atoms with E-state index in [0.29, 0.717) is 12.0 Å². The van der Waals surface area contributed by atoms with Crippen LogP contribution >= 0.6 is 0 Å². The zero-order valence-corrected chi connectivity index (χ0v) is 14.2. The molecule has 1 saturated heterocycles. The van der Waals surface area contributed by atoms with Crippen LogP contribution in [0.5, 0.6) is 0 Å². The molecule has 0 radical (unpaired) electrons. The van der Waals surface area contributed by atoms with Crippen LogP contribution < -0.4 is 5.32 Å². The Bertz CT molecular complexity index is 820. The summed E-state index contributed by atoms with van der Waals surface area (Å²) in [6.45, 7) is 0. The molecule has 2 heterocycles. The lowest BCUT2D eigenvalue weighted by Gasteiger charge is -2.23. The van der Waals surface area contributed by atoms with E-state index in [9.17, 15) is 13.2 Å². The first-order valence-electron chi connectivity index (χ1n) is 7.69. The molecule has 1 atom stereocenters. The largest absolute Gasteiger partial charge is 0.355 e. The molecule has 1 aliphatic heterocycles. The fraction of sp³-hybridized carbons (Fsp3) is 0.294. The van der Waals surface area contributed by atoms with Crippen molar-refractivity contribution < 1.29 is 13.2 Å². The minimum absolute atomic E-state index is 0.0525. The number of rotatable bonds is 4. The van der Waals surface area contributed by atoms with Gasteiger partial charge in [0.2, 0.25) is 0 Å². The molecule has 3 rings (SSSR count). The normalized spacial score (nSPS) is 19.0. The van der Waals surface area contributed by atoms with Crippen molar-refractivity contribution in [2.24, 2.45) is 0 Å². The number of hydrogen-bond donors (Lipinski definition) is 1. The van der Waals surface area contributed by atoms with Crippen molar-refractivity contribution in [3.05, 3.63) is 54.4 Å². The van der Waals surface area contributed by atoms with Crippen LogP contribution in [-0.4, -0.2) is 48.8 Å². The van der Waals surface area contributed by atoms with E-state index in [1.807, 2.05) is 24.3 Å². The first-order chi connectivity index (χ1) is 11.4. The van der Waals surface area contributed by atoms with Gasteiger partial charge in [0.15, 0.2) is 9.84 Å². The van der Waals surface area contributed by atoms with Crippen molar-refractivity contribution in [2.45, 2.75) is 12.5 Å². The standard InChI is InChI=1S/C17H19N3O3S/c1-20(16-8-11-24(22,23)12-16)17(21)13-2-4-14(5-3-13)19-15-6-9-18-10-7-15/h2-7,9-10,16H,8,11-12H2,1H3,(H,18,19)/t16-/m0/s1. The molecule has 0 saturated carbocycles. The molecule has 0 unspecified atom stereocenters. The second kappa shape index (κ2) is 6.60. The van der Waals surface area contributed by atoms with Gasteiger partial charge in [-0.3, -0.25) is 9.78 Å². The molecule has 126 valence electrons. The van der Waals surface area contributed by atoms with E-state index in [0.717, 1.165) is 11.4 Å². The average molecular weight is 345 g/mol. The van der Waals surface area contributed by atoms with Crippen molar-refractivity contribution in [1.29, 1.82) is 0 Å². The van der Waals surface area contributed by atoms with E-state index in [2.05, 4.69) is 10.3 Å². The summed E-state index contributed by atoms with van der Waals surface area (Å²) in [6.07, 6.45) is 3.90. The van der Waals surface area contributed by atoms with Crippen molar-refractivity contribution in [3.63, 3.8) is 0 Å². The van der Waals surface area contributed by atoms with Crippen molar-refractivity contribution in [2.75, 3.05) is 23.9 Å². The molecule has 1 aromatic carbocycles. The molecule has 1 N–H and O–H groups in total. The minimum Gasteiger partial charge on any atom is -0.355 e. The van der Waals surface area contributed by atoms with Crippen LogP contribution in [-0.2, 0) is 9.84 Å². The summed E-state index contributed by atoms with van der Waals surface area (Å²) in [6, 6.07) is 10.6. The SMILES string of the molecule is CN(C(=O)c1ccc(Nc2ccncc2)cc1)[C@H]1CCS(=O)(=O)C1. The van der Waals surface area contributed by atoms with Crippen molar-refractivity contribution >= 4 is 27.1 Å². The summed E-state index contributed by atoms with van der Waals surface area (Å²) >= 11 is 0. The van der Waals surface area contributed by atoms with Gasteiger partial charge < -0.3 is 10.2 Å². The summed E-state index contributed by atoms with van der Waals surface area (Å²) < 4.78 is 23.1. The second-order valence-electron chi connectivity index (χ2n) is 5.91. The van der Waals surface area contributed by atoms with Crippen LogP contribution in [0.4, 0.5) is 11.4 Å². The Morgan fingerprint density at radius 2 is 1.75 bits per heavy atom. The zero-order valence-electron chi connectivity index (χ0n) is 13.3. The minimum atomic E-state index is -3.01. The number of nitrogens with zero attached hydrogens (tertiary/aromatic N) is 2. The number of carbonyl (C=O) groups is 1. The number of benzene rings is 1. The molecular formula is C17H19N3O3S. The van der Waals surface area contributed by atoms with Gasteiger partial charge in [0.1, 0.15) is 0 Å². The van der Waals surface area contributed by atoms with E-state index in [4.69, 9.17) is 0 Å². The Hall–Kier alpha value is -2.41. The quantitative estimate of drug-likeness (QED) is 0.918. The summed E-state index contributed by atoms with van der Waals surface area (Å²) in [5.41, 5.74) is 2.32. The molecule has 0 aliphatic carbocycles. The van der Waals surface area contributed by atoms with Crippen molar-refractivity contribution in [3.8, 4) is 0 Å². The van der Waals surface area contributed by atoms with Gasteiger partial charge in [-0.2, -0.15) is 0 Å². The van der Waals surface area contributed by atoms with Crippen LogP contribution in [0.25, 0.3) is 0 Å². The molecule has 0 bridgehead atoms. The topological polar surface area (TPSA) is 79.4 Å². The van der Waals surface area contributed by atoms with E-state index in [1.165, 1.54) is 4.90 Å². The number of amides is 1. The predicted octanol–water partition coefficient (Wildman–Crippen LogP) is 2.08. The van der Waals surface area contributed by atoms with Crippen LogP contribution in [0.2, 0.25) is 0 Å². The maximum absolute atomic E-state index is 12.5. The number of pyridine rings is 1. The first kappa shape index (κ1) is 16.4. The lowest BCUT2D eigenvalue weighted by Crippen LogP contribution is -2.37. The van der Waals surface area contributed by atoms with Gasteiger partial charge >= 0.3 is 0 Å². The van der Waals surface area contributed by atoms with Gasteiger partial charge in [-0.05, 0) is 42.8 Å². The van der Waals surface area contributed by atoms with Gasteiger partial charge in [-0.15, -0.1) is 0 Å². The smallest absolute Gasteiger partial charge is 0.253 e. The van der Waals surface area contributed by atoms with E-state index in [-0.39, 0.29) is 23.5 Å². The highest BCUT2D eigenvalue weighted by Crippen LogP contribution is 2.20. The third kappa shape index (κ3) is 3.73. The fourth-order valence-electron chi connectivity index (χ4n) is 2.75. The first-order valence-corrected chi connectivity index (χ1v) is 9.51. The van der Waals surface area contributed by atoms with Gasteiger partial charge in [0.25, 0.3) is 5.91 Å². The second-order valence-corrected chi connectivity index (χ2v) is 8.14. The lowest BCUT2D eigenvalue weighted by atomic mass is 10.1. The van der Waals surface area contributed by atoms with Crippen LogP contribution in [0.3, 0.4) is 0 Å². The monoisotopic (exact) mass is 345 g/mol. The van der Waals surface area contributed by atoms with Crippen LogP contribution in [0.1, 0.15) is 16.8 Å². The van der Waals surface area contributed by atoms with Crippen LogP contribution in [0.15, 0.2) is 48.8 Å². The number of anilines is 2. The number of aromatic nitrogens is 1. The number of sulfone groups is 1. The Kier molecular flexibility index (Phi) is 4.53. The molecule has 1 aliphatic rings. The number of hydrogen-bond acceptors (Lipinski definition) is 5. The molecule has 1 aromatic heterocycles. The molecule has 2 aromatic rings. The summed E-state index contributed by atoms with van der Waals surface area (Å²) in [4.78, 5) is 18.0. The third-order valence-corrected chi connectivity index (χ3v) is 5.93. The van der Waals surface area contributed by atoms with Gasteiger partial charge in [0, 0.05) is 42.4 Å². The van der Waals surface area contributed by atoms with Gasteiger partial charge in [-0.25, -0.2) is 8.42 Å². The highest BCUT2D eigenvalue weighted by Gasteiger charge is 2.32.